The summed E-state index contributed by atoms with van der Waals surface area (Å²) in [6.07, 6.45) is 4.23. The van der Waals surface area contributed by atoms with Crippen LogP contribution in [0.25, 0.3) is 10.8 Å². The van der Waals surface area contributed by atoms with E-state index in [1.54, 1.807) is 13.3 Å². The van der Waals surface area contributed by atoms with Gasteiger partial charge in [-0.3, -0.25) is 4.98 Å². The molecule has 0 saturated heterocycles. The van der Waals surface area contributed by atoms with E-state index in [-0.39, 0.29) is 0 Å². The van der Waals surface area contributed by atoms with Crippen LogP contribution in [0.5, 0.6) is 5.75 Å². The summed E-state index contributed by atoms with van der Waals surface area (Å²) in [5, 5.41) is 12.9. The molecule has 1 aromatic heterocycles. The van der Waals surface area contributed by atoms with Crippen LogP contribution >= 0.6 is 0 Å². The second-order valence-corrected chi connectivity index (χ2v) is 5.99. The van der Waals surface area contributed by atoms with Crippen LogP contribution in [0.4, 0.5) is 0 Å². The average molecular weight is 321 g/mol. The molecule has 0 spiro atoms. The van der Waals surface area contributed by atoms with Gasteiger partial charge in [0.05, 0.1) is 12.8 Å². The van der Waals surface area contributed by atoms with Gasteiger partial charge >= 0.3 is 0 Å². The van der Waals surface area contributed by atoms with Crippen LogP contribution in [0.15, 0.2) is 54.7 Å². The molecule has 1 heterocycles. The van der Waals surface area contributed by atoms with Crippen molar-refractivity contribution in [3.05, 3.63) is 71.5 Å². The Morgan fingerprint density at radius 2 is 1.96 bits per heavy atom. The Labute approximate surface area is 142 Å². The van der Waals surface area contributed by atoms with Crippen molar-refractivity contribution < 1.29 is 9.84 Å². The largest absolute Gasteiger partial charge is 0.496 e. The van der Waals surface area contributed by atoms with Gasteiger partial charge in [-0.05, 0) is 41.5 Å². The zero-order chi connectivity index (χ0) is 16.9. The Balaban J connectivity index is 1.98. The Hall–Kier alpha value is -2.39. The third-order valence-corrected chi connectivity index (χ3v) is 4.39. The lowest BCUT2D eigenvalue weighted by molar-refractivity contribution is 0.216. The highest BCUT2D eigenvalue weighted by atomic mass is 16.5. The Morgan fingerprint density at radius 1 is 1.12 bits per heavy atom. The van der Waals surface area contributed by atoms with Crippen LogP contribution in [0.1, 0.15) is 42.7 Å². The molecule has 3 rings (SSSR count). The molecule has 0 amide bonds. The summed E-state index contributed by atoms with van der Waals surface area (Å²) in [6.45, 7) is 2.18. The van der Waals surface area contributed by atoms with Crippen LogP contribution in [0, 0.1) is 0 Å². The minimum atomic E-state index is -0.773. The number of aromatic nitrogens is 1. The van der Waals surface area contributed by atoms with E-state index >= 15 is 0 Å². The van der Waals surface area contributed by atoms with Crippen molar-refractivity contribution in [1.29, 1.82) is 0 Å². The molecule has 0 aliphatic carbocycles. The quantitative estimate of drug-likeness (QED) is 0.717. The van der Waals surface area contributed by atoms with E-state index in [2.05, 4.69) is 18.0 Å². The number of unbranched alkanes of at least 4 members (excludes halogenated alkanes) is 1. The molecule has 24 heavy (non-hydrogen) atoms. The van der Waals surface area contributed by atoms with Crippen molar-refractivity contribution in [1.82, 2.24) is 4.98 Å². The first-order chi connectivity index (χ1) is 11.7. The van der Waals surface area contributed by atoms with E-state index < -0.39 is 6.10 Å². The van der Waals surface area contributed by atoms with Crippen LogP contribution in [0.2, 0.25) is 0 Å². The number of rotatable bonds is 6. The van der Waals surface area contributed by atoms with Gasteiger partial charge < -0.3 is 9.84 Å². The molecule has 3 heteroatoms. The molecule has 124 valence electrons. The van der Waals surface area contributed by atoms with Gasteiger partial charge in [0.15, 0.2) is 0 Å². The van der Waals surface area contributed by atoms with E-state index in [0.717, 1.165) is 41.3 Å². The number of aliphatic hydroxyl groups is 1. The Kier molecular flexibility index (Phi) is 5.11. The highest BCUT2D eigenvalue weighted by Gasteiger charge is 2.17. The van der Waals surface area contributed by atoms with Gasteiger partial charge in [0, 0.05) is 11.6 Å². The molecule has 0 aliphatic heterocycles. The smallest absolute Gasteiger partial charge is 0.122 e. The van der Waals surface area contributed by atoms with E-state index in [1.165, 1.54) is 5.56 Å². The van der Waals surface area contributed by atoms with Crippen LogP contribution in [-0.4, -0.2) is 17.2 Å². The van der Waals surface area contributed by atoms with E-state index in [1.807, 2.05) is 42.5 Å². The summed E-state index contributed by atoms with van der Waals surface area (Å²) < 4.78 is 5.53. The van der Waals surface area contributed by atoms with Crippen molar-refractivity contribution >= 4 is 10.8 Å². The first-order valence-electron chi connectivity index (χ1n) is 8.43. The van der Waals surface area contributed by atoms with Crippen molar-refractivity contribution in [3.63, 3.8) is 0 Å². The summed E-state index contributed by atoms with van der Waals surface area (Å²) in [4.78, 5) is 4.42. The van der Waals surface area contributed by atoms with Gasteiger partial charge in [-0.15, -0.1) is 0 Å². The van der Waals surface area contributed by atoms with Crippen LogP contribution in [0.3, 0.4) is 0 Å². The van der Waals surface area contributed by atoms with Crippen molar-refractivity contribution in [3.8, 4) is 5.75 Å². The number of aryl methyl sites for hydroxylation is 1. The molecule has 1 N–H and O–H groups in total. The molecular weight excluding hydrogens is 298 g/mol. The molecule has 1 unspecified atom stereocenters. The van der Waals surface area contributed by atoms with Crippen molar-refractivity contribution in [2.75, 3.05) is 7.11 Å². The molecule has 0 aliphatic rings. The summed E-state index contributed by atoms with van der Waals surface area (Å²) >= 11 is 0. The maximum atomic E-state index is 10.9. The number of methoxy groups -OCH3 is 1. The first-order valence-corrected chi connectivity index (χ1v) is 8.43. The lowest BCUT2D eigenvalue weighted by atomic mass is 9.98. The lowest BCUT2D eigenvalue weighted by Gasteiger charge is -2.16. The highest BCUT2D eigenvalue weighted by molar-refractivity contribution is 5.84. The summed E-state index contributed by atoms with van der Waals surface area (Å²) in [5.74, 6) is 0.834. The monoisotopic (exact) mass is 321 g/mol. The molecule has 1 atom stereocenters. The number of pyridine rings is 1. The molecule has 3 aromatic rings. The molecule has 0 radical (unpaired) electrons. The number of fused-ring (bicyclic) bond motifs is 1. The van der Waals surface area contributed by atoms with Crippen LogP contribution in [-0.2, 0) is 6.42 Å². The van der Waals surface area contributed by atoms with Gasteiger partial charge in [-0.2, -0.15) is 0 Å². The fourth-order valence-electron chi connectivity index (χ4n) is 3.02. The first kappa shape index (κ1) is 16.5. The SMILES string of the molecule is CCCCc1ccc(C(O)c2nccc3ccccc23)cc1OC. The molecule has 2 aromatic carbocycles. The van der Waals surface area contributed by atoms with Crippen molar-refractivity contribution in [2.24, 2.45) is 0 Å². The maximum absolute atomic E-state index is 10.9. The number of aliphatic hydroxyl groups excluding tert-OH is 1. The second-order valence-electron chi connectivity index (χ2n) is 5.99. The predicted octanol–water partition coefficient (Wildman–Crippen LogP) is 4.67. The van der Waals surface area contributed by atoms with Gasteiger partial charge in [-0.1, -0.05) is 49.7 Å². The summed E-state index contributed by atoms with van der Waals surface area (Å²) in [6, 6.07) is 15.9. The van der Waals surface area contributed by atoms with E-state index in [9.17, 15) is 5.11 Å². The minimum Gasteiger partial charge on any atom is -0.496 e. The maximum Gasteiger partial charge on any atom is 0.122 e. The molecule has 0 fully saturated rings. The minimum absolute atomic E-state index is 0.677. The normalized spacial score (nSPS) is 12.3. The molecule has 0 saturated carbocycles. The number of hydrogen-bond acceptors (Lipinski definition) is 3. The third-order valence-electron chi connectivity index (χ3n) is 4.39. The van der Waals surface area contributed by atoms with Crippen LogP contribution < -0.4 is 4.74 Å². The average Bonchev–Trinajstić information content (AvgIpc) is 2.65. The van der Waals surface area contributed by atoms with E-state index in [4.69, 9.17) is 4.74 Å². The van der Waals surface area contributed by atoms with Gasteiger partial charge in [0.2, 0.25) is 0 Å². The zero-order valence-electron chi connectivity index (χ0n) is 14.2. The Bertz CT molecular complexity index is 824. The number of hydrogen-bond donors (Lipinski definition) is 1. The standard InChI is InChI=1S/C21H23NO2/c1-3-4-7-16-10-11-17(14-19(16)24-2)21(23)20-18-9-6-5-8-15(18)12-13-22-20/h5-6,8-14,21,23H,3-4,7H2,1-2H3. The number of nitrogens with zero attached hydrogens (tertiary/aromatic N) is 1. The number of ether oxygens (including phenoxy) is 1. The fourth-order valence-corrected chi connectivity index (χ4v) is 3.02. The zero-order valence-corrected chi connectivity index (χ0v) is 14.2. The Morgan fingerprint density at radius 3 is 2.75 bits per heavy atom. The van der Waals surface area contributed by atoms with E-state index in [0.29, 0.717) is 5.69 Å². The third kappa shape index (κ3) is 3.26. The summed E-state index contributed by atoms with van der Waals surface area (Å²) in [5.41, 5.74) is 2.66. The lowest BCUT2D eigenvalue weighted by Crippen LogP contribution is -2.04. The van der Waals surface area contributed by atoms with Crippen molar-refractivity contribution in [2.45, 2.75) is 32.3 Å². The molecule has 3 nitrogen and oxygen atoms in total. The highest BCUT2D eigenvalue weighted by Crippen LogP contribution is 2.31. The molecular formula is C21H23NO2. The summed E-state index contributed by atoms with van der Waals surface area (Å²) in [7, 11) is 1.68. The van der Waals surface area contributed by atoms with Gasteiger partial charge in [-0.25, -0.2) is 0 Å². The number of benzene rings is 2. The second kappa shape index (κ2) is 7.45. The topological polar surface area (TPSA) is 42.4 Å². The predicted molar refractivity (Wildman–Crippen MR) is 97.4 cm³/mol. The fraction of sp³-hybridized carbons (Fsp3) is 0.286. The molecule has 0 bridgehead atoms. The van der Waals surface area contributed by atoms with Gasteiger partial charge in [0.1, 0.15) is 11.9 Å². The van der Waals surface area contributed by atoms with Gasteiger partial charge in [0.25, 0.3) is 0 Å².